The minimum Gasteiger partial charge on any atom is -0.396 e. The van der Waals surface area contributed by atoms with Crippen LogP contribution in [-0.2, 0) is 22.9 Å². The van der Waals surface area contributed by atoms with Gasteiger partial charge in [-0.3, -0.25) is 0 Å². The number of hydrogen-bond donors (Lipinski definition) is 1. The highest BCUT2D eigenvalue weighted by molar-refractivity contribution is 7.90. The number of fused-ring (bicyclic) bond motifs is 1. The number of benzene rings is 2. The molecule has 24 heavy (non-hydrogen) atoms. The molecule has 0 unspecified atom stereocenters. The first kappa shape index (κ1) is 16.5. The zero-order valence-electron chi connectivity index (χ0n) is 13.2. The molecule has 1 heterocycles. The van der Waals surface area contributed by atoms with Crippen molar-refractivity contribution in [3.8, 4) is 0 Å². The smallest absolute Gasteiger partial charge is 0.268 e. The van der Waals surface area contributed by atoms with Gasteiger partial charge >= 0.3 is 0 Å². The van der Waals surface area contributed by atoms with Gasteiger partial charge in [0.05, 0.1) is 10.4 Å². The molecule has 5 heteroatoms. The second-order valence-electron chi connectivity index (χ2n) is 5.49. The van der Waals surface area contributed by atoms with Gasteiger partial charge in [-0.25, -0.2) is 12.4 Å². The van der Waals surface area contributed by atoms with E-state index in [1.165, 1.54) is 3.97 Å². The van der Waals surface area contributed by atoms with Gasteiger partial charge in [0.25, 0.3) is 10.0 Å². The Kier molecular flexibility index (Phi) is 4.55. The third kappa shape index (κ3) is 2.66. The highest BCUT2D eigenvalue weighted by atomic mass is 32.2. The van der Waals surface area contributed by atoms with Crippen LogP contribution in [0.1, 0.15) is 11.3 Å². The molecule has 0 saturated carbocycles. The first-order chi connectivity index (χ1) is 11.6. The minimum absolute atomic E-state index is 0.0382. The third-order valence-corrected chi connectivity index (χ3v) is 5.79. The van der Waals surface area contributed by atoms with E-state index in [9.17, 15) is 13.5 Å². The summed E-state index contributed by atoms with van der Waals surface area (Å²) >= 11 is 0. The Morgan fingerprint density at radius 3 is 2.38 bits per heavy atom. The summed E-state index contributed by atoms with van der Waals surface area (Å²) in [6.07, 6.45) is 2.50. The second-order valence-corrected chi connectivity index (χ2v) is 7.28. The lowest BCUT2D eigenvalue weighted by molar-refractivity contribution is 0.299. The number of aliphatic hydroxyl groups excluding tert-OH is 1. The molecule has 2 aromatic carbocycles. The Hall–Kier alpha value is -2.37. The Bertz CT molecular complexity index is 973. The zero-order valence-corrected chi connectivity index (χ0v) is 14.0. The Balaban J connectivity index is 2.39. The summed E-state index contributed by atoms with van der Waals surface area (Å²) in [7, 11) is -3.73. The Morgan fingerprint density at radius 1 is 1.04 bits per heavy atom. The number of nitrogens with zero attached hydrogens (tertiary/aromatic N) is 1. The summed E-state index contributed by atoms with van der Waals surface area (Å²) in [5.74, 6) is 0. The summed E-state index contributed by atoms with van der Waals surface area (Å²) in [6, 6.07) is 15.8. The van der Waals surface area contributed by atoms with Crippen LogP contribution in [0.15, 0.2) is 72.1 Å². The molecular formula is C19H19NO3S. The number of aromatic nitrogens is 1. The number of rotatable bonds is 6. The third-order valence-electron chi connectivity index (χ3n) is 4.02. The molecule has 0 spiro atoms. The van der Waals surface area contributed by atoms with Crippen molar-refractivity contribution in [2.24, 2.45) is 0 Å². The molecule has 4 nitrogen and oxygen atoms in total. The lowest BCUT2D eigenvalue weighted by Gasteiger charge is -2.12. The van der Waals surface area contributed by atoms with Crippen LogP contribution in [-0.4, -0.2) is 24.1 Å². The average molecular weight is 341 g/mol. The fraction of sp³-hybridized carbons (Fsp3) is 0.158. The van der Waals surface area contributed by atoms with E-state index in [-0.39, 0.29) is 11.5 Å². The van der Waals surface area contributed by atoms with Crippen molar-refractivity contribution >= 4 is 20.9 Å². The molecule has 1 aromatic heterocycles. The summed E-state index contributed by atoms with van der Waals surface area (Å²) in [4.78, 5) is 0.242. The van der Waals surface area contributed by atoms with Crippen LogP contribution in [0.2, 0.25) is 0 Å². The lowest BCUT2D eigenvalue weighted by atomic mass is 10.1. The standard InChI is InChI=1S/C19H19NO3S/c1-2-8-18-17(13-14-21)16-11-6-7-12-19(16)20(18)24(22,23)15-9-4-3-5-10-15/h2-7,9-12,21H,1,8,13-14H2. The van der Waals surface area contributed by atoms with Crippen LogP contribution in [0.25, 0.3) is 10.9 Å². The van der Waals surface area contributed by atoms with Crippen LogP contribution in [0.4, 0.5) is 0 Å². The molecule has 0 aliphatic carbocycles. The summed E-state index contributed by atoms with van der Waals surface area (Å²) in [5.41, 5.74) is 2.14. The fourth-order valence-corrected chi connectivity index (χ4v) is 4.64. The van der Waals surface area contributed by atoms with E-state index in [1.807, 2.05) is 18.2 Å². The molecule has 124 valence electrons. The zero-order chi connectivity index (χ0) is 17.2. The Labute approximate surface area is 141 Å². The number of allylic oxidation sites excluding steroid dienone is 1. The van der Waals surface area contributed by atoms with Crippen molar-refractivity contribution in [2.75, 3.05) is 6.61 Å². The van der Waals surface area contributed by atoms with Crippen molar-refractivity contribution in [3.63, 3.8) is 0 Å². The van der Waals surface area contributed by atoms with E-state index in [1.54, 1.807) is 42.5 Å². The highest BCUT2D eigenvalue weighted by Gasteiger charge is 2.25. The summed E-state index contributed by atoms with van der Waals surface area (Å²) in [5, 5.41) is 10.3. The van der Waals surface area contributed by atoms with E-state index in [0.717, 1.165) is 10.9 Å². The summed E-state index contributed by atoms with van der Waals surface area (Å²) in [6.45, 7) is 3.71. The maximum Gasteiger partial charge on any atom is 0.268 e. The molecule has 0 aliphatic rings. The van der Waals surface area contributed by atoms with Gasteiger partial charge in [0.1, 0.15) is 0 Å². The Morgan fingerprint density at radius 2 is 1.71 bits per heavy atom. The molecule has 1 N–H and O–H groups in total. The number of aliphatic hydroxyl groups is 1. The largest absolute Gasteiger partial charge is 0.396 e. The van der Waals surface area contributed by atoms with Crippen molar-refractivity contribution in [2.45, 2.75) is 17.7 Å². The topological polar surface area (TPSA) is 59.3 Å². The molecule has 0 saturated heterocycles. The molecule has 0 atom stereocenters. The monoisotopic (exact) mass is 341 g/mol. The van der Waals surface area contributed by atoms with Crippen LogP contribution in [0.3, 0.4) is 0 Å². The number of para-hydroxylation sites is 1. The van der Waals surface area contributed by atoms with Crippen molar-refractivity contribution in [3.05, 3.63) is 78.5 Å². The molecule has 0 aliphatic heterocycles. The van der Waals surface area contributed by atoms with E-state index in [2.05, 4.69) is 6.58 Å². The first-order valence-corrected chi connectivity index (χ1v) is 9.19. The van der Waals surface area contributed by atoms with E-state index < -0.39 is 10.0 Å². The molecular weight excluding hydrogens is 322 g/mol. The van der Waals surface area contributed by atoms with Gasteiger partial charge in [0, 0.05) is 24.1 Å². The molecule has 3 rings (SSSR count). The van der Waals surface area contributed by atoms with Gasteiger partial charge < -0.3 is 5.11 Å². The van der Waals surface area contributed by atoms with E-state index >= 15 is 0 Å². The van der Waals surface area contributed by atoms with Crippen LogP contribution >= 0.6 is 0 Å². The predicted octanol–water partition coefficient (Wildman–Crippen LogP) is 3.14. The van der Waals surface area contributed by atoms with Crippen LogP contribution < -0.4 is 0 Å². The second kappa shape index (κ2) is 6.63. The van der Waals surface area contributed by atoms with Gasteiger partial charge in [-0.1, -0.05) is 42.5 Å². The number of hydrogen-bond acceptors (Lipinski definition) is 3. The first-order valence-electron chi connectivity index (χ1n) is 7.75. The van der Waals surface area contributed by atoms with Gasteiger partial charge in [0.15, 0.2) is 0 Å². The van der Waals surface area contributed by atoms with Crippen molar-refractivity contribution < 1.29 is 13.5 Å². The van der Waals surface area contributed by atoms with Crippen molar-refractivity contribution in [1.29, 1.82) is 0 Å². The molecule has 0 amide bonds. The van der Waals surface area contributed by atoms with Gasteiger partial charge in [-0.05, 0) is 30.2 Å². The quantitative estimate of drug-likeness (QED) is 0.701. The average Bonchev–Trinajstić information content (AvgIpc) is 2.91. The normalized spacial score (nSPS) is 11.7. The van der Waals surface area contributed by atoms with Gasteiger partial charge in [0.2, 0.25) is 0 Å². The van der Waals surface area contributed by atoms with Crippen LogP contribution in [0, 0.1) is 0 Å². The highest BCUT2D eigenvalue weighted by Crippen LogP contribution is 2.31. The van der Waals surface area contributed by atoms with E-state index in [4.69, 9.17) is 0 Å². The van der Waals surface area contributed by atoms with E-state index in [0.29, 0.717) is 24.1 Å². The SMILES string of the molecule is C=CCc1c(CCO)c2ccccc2n1S(=O)(=O)c1ccccc1. The molecule has 0 fully saturated rings. The lowest BCUT2D eigenvalue weighted by Crippen LogP contribution is -2.16. The maximum atomic E-state index is 13.2. The minimum atomic E-state index is -3.73. The fourth-order valence-electron chi connectivity index (χ4n) is 3.04. The van der Waals surface area contributed by atoms with Gasteiger partial charge in [-0.15, -0.1) is 6.58 Å². The van der Waals surface area contributed by atoms with Crippen LogP contribution in [0.5, 0.6) is 0 Å². The van der Waals surface area contributed by atoms with Crippen molar-refractivity contribution in [1.82, 2.24) is 3.97 Å². The predicted molar refractivity (Wildman–Crippen MR) is 95.7 cm³/mol. The molecule has 0 radical (unpaired) electrons. The maximum absolute atomic E-state index is 13.2. The van der Waals surface area contributed by atoms with Gasteiger partial charge in [-0.2, -0.15) is 0 Å². The molecule has 3 aromatic rings. The molecule has 0 bridgehead atoms. The summed E-state index contributed by atoms with van der Waals surface area (Å²) < 4.78 is 27.8.